The van der Waals surface area contributed by atoms with E-state index in [9.17, 15) is 22.7 Å². The molecule has 39 heavy (non-hydrogen) atoms. The number of carbonyl (C=O) groups excluding carboxylic acids is 1. The van der Waals surface area contributed by atoms with Crippen LogP contribution in [0.4, 0.5) is 10.1 Å². The van der Waals surface area contributed by atoms with E-state index in [0.717, 1.165) is 12.0 Å². The second kappa shape index (κ2) is 11.6. The fourth-order valence-corrected chi connectivity index (χ4v) is 6.23. The number of sulfonamides is 1. The van der Waals surface area contributed by atoms with Crippen LogP contribution in [0.5, 0.6) is 0 Å². The number of aliphatic hydroxyl groups is 1. The van der Waals surface area contributed by atoms with E-state index >= 15 is 0 Å². The van der Waals surface area contributed by atoms with Gasteiger partial charge in [0.15, 0.2) is 5.03 Å². The maximum absolute atomic E-state index is 13.4. The van der Waals surface area contributed by atoms with Gasteiger partial charge in [-0.2, -0.15) is 8.42 Å². The number of benzene rings is 2. The number of nitrogens with zero attached hydrogens (tertiary/aromatic N) is 2. The predicted octanol–water partition coefficient (Wildman–Crippen LogP) is 5.78. The van der Waals surface area contributed by atoms with E-state index < -0.39 is 27.5 Å². The minimum Gasteiger partial charge on any atom is -0.512 e. The van der Waals surface area contributed by atoms with Gasteiger partial charge in [-0.3, -0.25) is 4.72 Å². The van der Waals surface area contributed by atoms with Crippen LogP contribution in [0, 0.1) is 5.82 Å². The molecule has 2 aromatic carbocycles. The highest BCUT2D eigenvalue weighted by molar-refractivity contribution is 7.92. The minimum absolute atomic E-state index is 0.00914. The van der Waals surface area contributed by atoms with Crippen molar-refractivity contribution in [1.82, 2.24) is 9.55 Å². The zero-order chi connectivity index (χ0) is 28.2. The Bertz CT molecular complexity index is 1470. The van der Waals surface area contributed by atoms with Gasteiger partial charge in [-0.15, -0.1) is 0 Å². The molecule has 4 rings (SSSR count). The third kappa shape index (κ3) is 6.50. The first-order valence-electron chi connectivity index (χ1n) is 13.1. The number of hydrogen-bond donors (Lipinski definition) is 2. The second-order valence-corrected chi connectivity index (χ2v) is 11.7. The van der Waals surface area contributed by atoms with Gasteiger partial charge in [0.1, 0.15) is 17.2 Å². The Kier molecular flexibility index (Phi) is 8.44. The molecule has 10 heteroatoms. The average molecular weight is 556 g/mol. The summed E-state index contributed by atoms with van der Waals surface area (Å²) in [6, 6.07) is 13.0. The topological polar surface area (TPSA) is 111 Å². The summed E-state index contributed by atoms with van der Waals surface area (Å²) in [5.74, 6) is -1.38. The van der Waals surface area contributed by atoms with Crippen molar-refractivity contribution in [2.24, 2.45) is 7.05 Å². The summed E-state index contributed by atoms with van der Waals surface area (Å²) in [6.07, 6.45) is 5.89. The highest BCUT2D eigenvalue weighted by Gasteiger charge is 2.43. The lowest BCUT2D eigenvalue weighted by atomic mass is 9.80. The molecule has 1 aliphatic rings. The molecule has 0 radical (unpaired) electrons. The Morgan fingerprint density at radius 2 is 1.92 bits per heavy atom. The van der Waals surface area contributed by atoms with Gasteiger partial charge < -0.3 is 14.4 Å². The van der Waals surface area contributed by atoms with E-state index in [1.165, 1.54) is 24.7 Å². The Hall–Kier alpha value is -3.66. The SMILES string of the molecule is CCC[C@]1(CCc2ccc(F)cc2)CC(O)=C([C@H](CC)c2cccc(NS(=O)(=O)c3cn(C)cn3)c2)C(=O)O1. The molecule has 2 heterocycles. The number of imidazole rings is 1. The third-order valence-corrected chi connectivity index (χ3v) is 8.34. The molecule has 3 aromatic rings. The van der Waals surface area contributed by atoms with E-state index in [4.69, 9.17) is 4.74 Å². The van der Waals surface area contributed by atoms with Crippen molar-refractivity contribution in [2.75, 3.05) is 4.72 Å². The Morgan fingerprint density at radius 1 is 1.18 bits per heavy atom. The highest BCUT2D eigenvalue weighted by Crippen LogP contribution is 2.42. The van der Waals surface area contributed by atoms with Gasteiger partial charge in [-0.25, -0.2) is 14.2 Å². The molecule has 2 atom stereocenters. The summed E-state index contributed by atoms with van der Waals surface area (Å²) in [5.41, 5.74) is 1.25. The average Bonchev–Trinajstić information content (AvgIpc) is 3.33. The quantitative estimate of drug-likeness (QED) is 0.290. The molecule has 0 amide bonds. The number of aliphatic hydroxyl groups excluding tert-OH is 1. The summed E-state index contributed by atoms with van der Waals surface area (Å²) in [4.78, 5) is 17.3. The third-order valence-electron chi connectivity index (χ3n) is 7.07. The maximum atomic E-state index is 13.4. The van der Waals surface area contributed by atoms with Crippen molar-refractivity contribution in [3.63, 3.8) is 0 Å². The standard InChI is InChI=1S/C29H34FN3O5S/c1-4-14-29(15-13-20-9-11-22(30)12-10-20)17-25(34)27(28(35)38-29)24(5-2)21-7-6-8-23(16-21)32-39(36,37)26-18-33(3)19-31-26/h6-12,16,18-19,24,32,34H,4-5,13-15,17H2,1-3H3/t24-,29+/m1/s1. The zero-order valence-corrected chi connectivity index (χ0v) is 23.2. The highest BCUT2D eigenvalue weighted by atomic mass is 32.2. The molecule has 208 valence electrons. The number of anilines is 1. The molecule has 0 unspecified atom stereocenters. The summed E-state index contributed by atoms with van der Waals surface area (Å²) >= 11 is 0. The van der Waals surface area contributed by atoms with Gasteiger partial charge in [0.05, 0.1) is 11.9 Å². The predicted molar refractivity (Wildman–Crippen MR) is 146 cm³/mol. The van der Waals surface area contributed by atoms with Crippen molar-refractivity contribution in [3.05, 3.63) is 89.3 Å². The monoisotopic (exact) mass is 555 g/mol. The second-order valence-electron chi connectivity index (χ2n) is 10.1. The number of halogens is 1. The lowest BCUT2D eigenvalue weighted by molar-refractivity contribution is -0.161. The number of esters is 1. The Morgan fingerprint density at radius 3 is 2.54 bits per heavy atom. The van der Waals surface area contributed by atoms with Crippen LogP contribution in [0.3, 0.4) is 0 Å². The van der Waals surface area contributed by atoms with Crippen LogP contribution < -0.4 is 4.72 Å². The molecule has 8 nitrogen and oxygen atoms in total. The van der Waals surface area contributed by atoms with E-state index in [0.29, 0.717) is 36.9 Å². The first kappa shape index (κ1) is 28.4. The van der Waals surface area contributed by atoms with Crippen LogP contribution >= 0.6 is 0 Å². The number of nitrogens with one attached hydrogen (secondary N) is 1. The Labute approximate surface area is 228 Å². The van der Waals surface area contributed by atoms with Gasteiger partial charge >= 0.3 is 5.97 Å². The number of aryl methyl sites for hydroxylation is 2. The van der Waals surface area contributed by atoms with Crippen molar-refractivity contribution >= 4 is 21.7 Å². The van der Waals surface area contributed by atoms with Crippen molar-refractivity contribution in [1.29, 1.82) is 0 Å². The molecule has 0 fully saturated rings. The lowest BCUT2D eigenvalue weighted by Gasteiger charge is -2.38. The molecule has 0 aliphatic carbocycles. The summed E-state index contributed by atoms with van der Waals surface area (Å²) in [7, 11) is -2.22. The number of ether oxygens (including phenoxy) is 1. The fourth-order valence-electron chi connectivity index (χ4n) is 5.19. The van der Waals surface area contributed by atoms with Gasteiger partial charge in [-0.1, -0.05) is 44.5 Å². The first-order chi connectivity index (χ1) is 18.6. The number of hydrogen-bond acceptors (Lipinski definition) is 6. The molecule has 0 bridgehead atoms. The van der Waals surface area contributed by atoms with Crippen LogP contribution in [0.1, 0.15) is 63.0 Å². The van der Waals surface area contributed by atoms with Crippen LogP contribution in [0.15, 0.2) is 77.4 Å². The smallest absolute Gasteiger partial charge is 0.338 e. The molecule has 1 aromatic heterocycles. The van der Waals surface area contributed by atoms with Crippen molar-refractivity contribution in [3.8, 4) is 0 Å². The Balaban J connectivity index is 1.58. The normalized spacial score (nSPS) is 18.6. The van der Waals surface area contributed by atoms with E-state index in [-0.39, 0.29) is 28.6 Å². The largest absolute Gasteiger partial charge is 0.512 e. The minimum atomic E-state index is -3.90. The first-order valence-corrected chi connectivity index (χ1v) is 14.5. The van der Waals surface area contributed by atoms with Crippen LogP contribution in [0.2, 0.25) is 0 Å². The van der Waals surface area contributed by atoms with Gasteiger partial charge in [0.25, 0.3) is 10.0 Å². The molecule has 0 saturated heterocycles. The van der Waals surface area contributed by atoms with Gasteiger partial charge in [0.2, 0.25) is 0 Å². The molecule has 1 aliphatic heterocycles. The number of aromatic nitrogens is 2. The van der Waals surface area contributed by atoms with Crippen molar-refractivity contribution < 1.29 is 27.4 Å². The van der Waals surface area contributed by atoms with Crippen LogP contribution in [-0.4, -0.2) is 34.6 Å². The number of rotatable bonds is 11. The van der Waals surface area contributed by atoms with Crippen LogP contribution in [0.25, 0.3) is 0 Å². The number of cyclic esters (lactones) is 1. The van der Waals surface area contributed by atoms with Gasteiger partial charge in [-0.05, 0) is 61.1 Å². The summed E-state index contributed by atoms with van der Waals surface area (Å²) in [5, 5.41) is 11.1. The summed E-state index contributed by atoms with van der Waals surface area (Å²) < 4.78 is 49.0. The zero-order valence-electron chi connectivity index (χ0n) is 22.4. The van der Waals surface area contributed by atoms with E-state index in [1.807, 2.05) is 13.8 Å². The lowest BCUT2D eigenvalue weighted by Crippen LogP contribution is -2.41. The molecular weight excluding hydrogens is 521 g/mol. The molecule has 0 saturated carbocycles. The summed E-state index contributed by atoms with van der Waals surface area (Å²) in [6.45, 7) is 3.89. The van der Waals surface area contributed by atoms with E-state index in [2.05, 4.69) is 9.71 Å². The molecule has 2 N–H and O–H groups in total. The van der Waals surface area contributed by atoms with Gasteiger partial charge in [0, 0.05) is 31.3 Å². The number of carbonyl (C=O) groups is 1. The van der Waals surface area contributed by atoms with Crippen LogP contribution in [-0.2, 0) is 33.0 Å². The molecule has 0 spiro atoms. The van der Waals surface area contributed by atoms with E-state index in [1.54, 1.807) is 48.0 Å². The van der Waals surface area contributed by atoms with Crippen molar-refractivity contribution in [2.45, 2.75) is 68.9 Å². The molecular formula is C29H34FN3O5S. The fraction of sp³-hybridized carbons (Fsp3) is 0.379. The maximum Gasteiger partial charge on any atom is 0.338 e.